The maximum atomic E-state index is 13.2. The van der Waals surface area contributed by atoms with Gasteiger partial charge in [-0.25, -0.2) is 5.01 Å². The highest BCUT2D eigenvalue weighted by Crippen LogP contribution is 2.44. The third kappa shape index (κ3) is 3.19. The monoisotopic (exact) mass is 402 g/mol. The third-order valence-electron chi connectivity index (χ3n) is 5.42. The summed E-state index contributed by atoms with van der Waals surface area (Å²) in [5, 5.41) is 7.26. The number of ether oxygens (including phenoxy) is 1. The number of Topliss-reactive ketones (excluding diaryl/α,β-unsaturated/α-hetero) is 1. The van der Waals surface area contributed by atoms with Crippen LogP contribution in [0.2, 0.25) is 5.02 Å². The second kappa shape index (κ2) is 7.05. The van der Waals surface area contributed by atoms with Crippen molar-refractivity contribution in [3.8, 4) is 5.75 Å². The van der Waals surface area contributed by atoms with E-state index in [4.69, 9.17) is 21.4 Å². The zero-order valence-electron chi connectivity index (χ0n) is 15.9. The Labute approximate surface area is 174 Å². The number of aryl methyl sites for hydroxylation is 1. The van der Waals surface area contributed by atoms with E-state index in [2.05, 4.69) is 31.2 Å². The molecule has 0 radical (unpaired) electrons. The summed E-state index contributed by atoms with van der Waals surface area (Å²) in [6.07, 6.45) is -0.114. The maximum absolute atomic E-state index is 13.2. The fourth-order valence-electron chi connectivity index (χ4n) is 3.90. The molecule has 0 amide bonds. The lowest BCUT2D eigenvalue weighted by molar-refractivity contribution is -0.00455. The van der Waals surface area contributed by atoms with Crippen LogP contribution >= 0.6 is 11.6 Å². The first-order valence-corrected chi connectivity index (χ1v) is 9.96. The molecule has 144 valence electrons. The topological polar surface area (TPSA) is 41.9 Å². The molecule has 5 heteroatoms. The summed E-state index contributed by atoms with van der Waals surface area (Å²) < 4.78 is 6.13. The first kappa shape index (κ1) is 18.0. The summed E-state index contributed by atoms with van der Waals surface area (Å²) in [6, 6.07) is 22.9. The molecular weight excluding hydrogens is 384 g/mol. The Balaban J connectivity index is 1.58. The van der Waals surface area contributed by atoms with Crippen molar-refractivity contribution in [1.29, 1.82) is 0 Å². The van der Waals surface area contributed by atoms with Gasteiger partial charge in [0.1, 0.15) is 5.75 Å². The molecule has 0 spiro atoms. The predicted octanol–water partition coefficient (Wildman–Crippen LogP) is 5.40. The minimum Gasteiger partial charge on any atom is -0.461 e. The van der Waals surface area contributed by atoms with Crippen LogP contribution in [0.3, 0.4) is 0 Å². The van der Waals surface area contributed by atoms with Crippen LogP contribution in [-0.2, 0) is 0 Å². The third-order valence-corrected chi connectivity index (χ3v) is 5.65. The first-order chi connectivity index (χ1) is 14.1. The molecule has 0 saturated carbocycles. The molecular formula is C24H19ClN2O2. The Kier molecular flexibility index (Phi) is 4.36. The maximum Gasteiger partial charge on any atom is 0.251 e. The fourth-order valence-corrected chi connectivity index (χ4v) is 4.08. The molecule has 2 heterocycles. The number of carbonyl (C=O) groups excluding carboxylic acids is 1. The Morgan fingerprint density at radius 3 is 2.59 bits per heavy atom. The molecule has 0 bridgehead atoms. The Morgan fingerprint density at radius 2 is 1.83 bits per heavy atom. The van der Waals surface area contributed by atoms with E-state index in [9.17, 15) is 4.79 Å². The van der Waals surface area contributed by atoms with Crippen molar-refractivity contribution in [2.75, 3.05) is 0 Å². The highest BCUT2D eigenvalue weighted by molar-refractivity contribution is 6.30. The largest absolute Gasteiger partial charge is 0.461 e. The number of halogens is 1. The quantitative estimate of drug-likeness (QED) is 0.551. The first-order valence-electron chi connectivity index (χ1n) is 9.58. The van der Waals surface area contributed by atoms with Gasteiger partial charge in [-0.1, -0.05) is 71.8 Å². The number of fused-ring (bicyclic) bond motifs is 3. The van der Waals surface area contributed by atoms with Crippen molar-refractivity contribution in [2.45, 2.75) is 25.6 Å². The lowest BCUT2D eigenvalue weighted by atomic mass is 9.95. The molecule has 2 atom stereocenters. The van der Waals surface area contributed by atoms with E-state index in [-0.39, 0.29) is 11.8 Å². The molecule has 0 N–H and O–H groups in total. The Bertz CT molecular complexity index is 1110. The number of hydrazone groups is 1. The molecule has 4 nitrogen and oxygen atoms in total. The molecule has 0 fully saturated rings. The van der Waals surface area contributed by atoms with Crippen LogP contribution in [0.4, 0.5) is 0 Å². The van der Waals surface area contributed by atoms with Gasteiger partial charge in [-0.2, -0.15) is 5.10 Å². The summed E-state index contributed by atoms with van der Waals surface area (Å²) in [5.74, 6) is 0.579. The van der Waals surface area contributed by atoms with E-state index >= 15 is 0 Å². The van der Waals surface area contributed by atoms with Crippen LogP contribution in [-0.4, -0.2) is 22.7 Å². The van der Waals surface area contributed by atoms with Crippen molar-refractivity contribution in [2.24, 2.45) is 5.10 Å². The lowest BCUT2D eigenvalue weighted by Crippen LogP contribution is -2.45. The molecule has 3 aromatic carbocycles. The van der Waals surface area contributed by atoms with E-state index in [1.807, 2.05) is 30.3 Å². The standard InChI is InChI=1S/C24H19ClN2O2/c1-15-7-9-16(10-8-15)20-14-21-19-13-18(25)11-12-22(19)29-24(27(21)26-20)23(28)17-5-3-2-4-6-17/h2-13,21,24H,14H2,1H3. The van der Waals surface area contributed by atoms with Gasteiger partial charge in [0.25, 0.3) is 6.23 Å². The second-order valence-corrected chi connectivity index (χ2v) is 7.83. The molecule has 2 aliphatic rings. The number of hydrogen-bond donors (Lipinski definition) is 0. The normalized spacial score (nSPS) is 19.8. The Morgan fingerprint density at radius 1 is 1.07 bits per heavy atom. The molecule has 29 heavy (non-hydrogen) atoms. The number of carbonyl (C=O) groups is 1. The second-order valence-electron chi connectivity index (χ2n) is 7.40. The van der Waals surface area contributed by atoms with Crippen LogP contribution in [0, 0.1) is 6.92 Å². The minimum absolute atomic E-state index is 0.0913. The van der Waals surface area contributed by atoms with Crippen LogP contribution in [0.1, 0.15) is 39.5 Å². The van der Waals surface area contributed by atoms with Crippen molar-refractivity contribution < 1.29 is 9.53 Å². The van der Waals surface area contributed by atoms with Gasteiger partial charge < -0.3 is 4.74 Å². The molecule has 0 aromatic heterocycles. The molecule has 2 unspecified atom stereocenters. The van der Waals surface area contributed by atoms with Gasteiger partial charge >= 0.3 is 0 Å². The summed E-state index contributed by atoms with van der Waals surface area (Å²) in [4.78, 5) is 13.2. The number of ketones is 1. The molecule has 5 rings (SSSR count). The van der Waals surface area contributed by atoms with E-state index in [1.165, 1.54) is 5.56 Å². The number of benzene rings is 3. The highest BCUT2D eigenvalue weighted by Gasteiger charge is 2.43. The zero-order chi connectivity index (χ0) is 20.0. The number of rotatable bonds is 3. The number of nitrogens with zero attached hydrogens (tertiary/aromatic N) is 2. The van der Waals surface area contributed by atoms with Crippen molar-refractivity contribution >= 4 is 23.1 Å². The highest BCUT2D eigenvalue weighted by atomic mass is 35.5. The smallest absolute Gasteiger partial charge is 0.251 e. The summed E-state index contributed by atoms with van der Waals surface area (Å²) in [7, 11) is 0. The van der Waals surface area contributed by atoms with Gasteiger partial charge in [-0.15, -0.1) is 0 Å². The SMILES string of the molecule is Cc1ccc(C2=NN3C(C(=O)c4ccccc4)Oc4ccc(Cl)cc4C3C2)cc1. The molecule has 2 aliphatic heterocycles. The van der Waals surface area contributed by atoms with Gasteiger partial charge in [-0.3, -0.25) is 4.79 Å². The predicted molar refractivity (Wildman–Crippen MR) is 114 cm³/mol. The zero-order valence-corrected chi connectivity index (χ0v) is 16.6. The van der Waals surface area contributed by atoms with Crippen LogP contribution in [0.25, 0.3) is 0 Å². The van der Waals surface area contributed by atoms with Crippen molar-refractivity contribution in [1.82, 2.24) is 5.01 Å². The fraction of sp³-hybridized carbons (Fsp3) is 0.167. The lowest BCUT2D eigenvalue weighted by Gasteiger charge is -2.37. The van der Waals surface area contributed by atoms with Gasteiger partial charge in [0.2, 0.25) is 5.78 Å². The van der Waals surface area contributed by atoms with Gasteiger partial charge in [0.05, 0.1) is 11.8 Å². The van der Waals surface area contributed by atoms with Crippen LogP contribution in [0.5, 0.6) is 5.75 Å². The summed E-state index contributed by atoms with van der Waals surface area (Å²) in [5.41, 5.74) is 4.76. The van der Waals surface area contributed by atoms with E-state index < -0.39 is 6.23 Å². The van der Waals surface area contributed by atoms with Gasteiger partial charge in [0, 0.05) is 22.6 Å². The van der Waals surface area contributed by atoms with Crippen molar-refractivity contribution in [3.63, 3.8) is 0 Å². The molecule has 0 saturated heterocycles. The van der Waals surface area contributed by atoms with Gasteiger partial charge in [0.15, 0.2) is 0 Å². The average Bonchev–Trinajstić information content (AvgIpc) is 3.20. The number of hydrogen-bond acceptors (Lipinski definition) is 4. The van der Waals surface area contributed by atoms with E-state index in [0.717, 1.165) is 16.8 Å². The van der Waals surface area contributed by atoms with E-state index in [1.54, 1.807) is 23.2 Å². The molecule has 0 aliphatic carbocycles. The van der Waals surface area contributed by atoms with Crippen LogP contribution in [0.15, 0.2) is 77.9 Å². The average molecular weight is 403 g/mol. The van der Waals surface area contributed by atoms with Crippen LogP contribution < -0.4 is 4.74 Å². The van der Waals surface area contributed by atoms with Gasteiger partial charge in [-0.05, 0) is 30.7 Å². The molecule has 3 aromatic rings. The van der Waals surface area contributed by atoms with E-state index in [0.29, 0.717) is 22.8 Å². The summed E-state index contributed by atoms with van der Waals surface area (Å²) >= 11 is 6.25. The summed E-state index contributed by atoms with van der Waals surface area (Å²) in [6.45, 7) is 2.06. The minimum atomic E-state index is -0.806. The Hall–Kier alpha value is -3.11. The van der Waals surface area contributed by atoms with Crippen molar-refractivity contribution in [3.05, 3.63) is 100 Å².